The van der Waals surface area contributed by atoms with Crippen molar-refractivity contribution in [1.82, 2.24) is 5.32 Å². The molecule has 0 aliphatic rings. The summed E-state index contributed by atoms with van der Waals surface area (Å²) in [4.78, 5) is 17.2. The van der Waals surface area contributed by atoms with Crippen molar-refractivity contribution in [2.24, 2.45) is 0 Å². The first kappa shape index (κ1) is 22.1. The standard InChI is InChI=1S/C16H36NO4P/c1-4-5-6-7-8-9-10-11-12-13-16(2,3)17-14-15-21-22(18,19)20/h17H,4-15H2,1-3H3,(H2,18,19,20). The van der Waals surface area contributed by atoms with Crippen LogP contribution >= 0.6 is 7.82 Å². The lowest BCUT2D eigenvalue weighted by atomic mass is 9.96. The molecule has 0 unspecified atom stereocenters. The quantitative estimate of drug-likeness (QED) is 0.305. The zero-order valence-electron chi connectivity index (χ0n) is 14.6. The average Bonchev–Trinajstić information content (AvgIpc) is 2.41. The van der Waals surface area contributed by atoms with Gasteiger partial charge in [-0.1, -0.05) is 64.7 Å². The molecule has 5 nitrogen and oxygen atoms in total. The Labute approximate surface area is 136 Å². The van der Waals surface area contributed by atoms with E-state index in [2.05, 4.69) is 30.6 Å². The Bertz CT molecular complexity index is 305. The number of hydrogen-bond donors (Lipinski definition) is 3. The minimum atomic E-state index is -4.33. The van der Waals surface area contributed by atoms with E-state index in [4.69, 9.17) is 9.79 Å². The smallest absolute Gasteiger partial charge is 0.309 e. The van der Waals surface area contributed by atoms with E-state index in [1.165, 1.54) is 57.8 Å². The lowest BCUT2D eigenvalue weighted by Crippen LogP contribution is -2.40. The molecule has 0 amide bonds. The molecule has 6 heteroatoms. The highest BCUT2D eigenvalue weighted by Crippen LogP contribution is 2.35. The van der Waals surface area contributed by atoms with Crippen LogP contribution in [0.5, 0.6) is 0 Å². The lowest BCUT2D eigenvalue weighted by molar-refractivity contribution is 0.189. The second-order valence-electron chi connectivity index (χ2n) is 6.71. The van der Waals surface area contributed by atoms with Gasteiger partial charge in [0.1, 0.15) is 0 Å². The van der Waals surface area contributed by atoms with Crippen LogP contribution in [0.1, 0.15) is 85.0 Å². The monoisotopic (exact) mass is 337 g/mol. The van der Waals surface area contributed by atoms with Gasteiger partial charge in [-0.25, -0.2) is 4.57 Å². The second-order valence-corrected chi connectivity index (χ2v) is 7.95. The van der Waals surface area contributed by atoms with Crippen LogP contribution in [0, 0.1) is 0 Å². The maximum atomic E-state index is 10.6. The summed E-state index contributed by atoms with van der Waals surface area (Å²) in [7, 11) is -4.33. The summed E-state index contributed by atoms with van der Waals surface area (Å²) in [5.74, 6) is 0. The van der Waals surface area contributed by atoms with Crippen molar-refractivity contribution in [2.75, 3.05) is 13.2 Å². The minimum absolute atomic E-state index is 0.0145. The summed E-state index contributed by atoms with van der Waals surface area (Å²) < 4.78 is 15.0. The number of rotatable bonds is 15. The summed E-state index contributed by atoms with van der Waals surface area (Å²) in [5.41, 5.74) is -0.0145. The number of phosphoric ester groups is 1. The Morgan fingerprint density at radius 2 is 1.45 bits per heavy atom. The highest BCUT2D eigenvalue weighted by molar-refractivity contribution is 7.46. The third kappa shape index (κ3) is 16.4. The fourth-order valence-corrected chi connectivity index (χ4v) is 2.85. The average molecular weight is 337 g/mol. The van der Waals surface area contributed by atoms with Crippen LogP contribution in [-0.4, -0.2) is 28.5 Å². The summed E-state index contributed by atoms with van der Waals surface area (Å²) in [6, 6.07) is 0. The number of unbranched alkanes of at least 4 members (excludes halogenated alkanes) is 8. The third-order valence-corrected chi connectivity index (χ3v) is 4.39. The number of nitrogens with one attached hydrogen (secondary N) is 1. The van der Waals surface area contributed by atoms with E-state index in [0.717, 1.165) is 6.42 Å². The molecule has 0 aromatic rings. The van der Waals surface area contributed by atoms with E-state index in [1.807, 2.05) is 0 Å². The zero-order chi connectivity index (χ0) is 16.9. The molecule has 0 rings (SSSR count). The van der Waals surface area contributed by atoms with Crippen molar-refractivity contribution in [3.05, 3.63) is 0 Å². The van der Waals surface area contributed by atoms with Gasteiger partial charge >= 0.3 is 7.82 Å². The first-order valence-electron chi connectivity index (χ1n) is 8.72. The minimum Gasteiger partial charge on any atom is -0.309 e. The predicted molar refractivity (Wildman–Crippen MR) is 91.9 cm³/mol. The van der Waals surface area contributed by atoms with Gasteiger partial charge in [0.2, 0.25) is 0 Å². The van der Waals surface area contributed by atoms with Crippen molar-refractivity contribution < 1.29 is 18.9 Å². The van der Waals surface area contributed by atoms with Crippen LogP contribution in [0.2, 0.25) is 0 Å². The Kier molecular flexibility index (Phi) is 12.5. The third-order valence-electron chi connectivity index (χ3n) is 3.87. The molecule has 0 saturated carbocycles. The second kappa shape index (κ2) is 12.5. The van der Waals surface area contributed by atoms with E-state index < -0.39 is 7.82 Å². The molecule has 0 heterocycles. The van der Waals surface area contributed by atoms with Crippen LogP contribution in [0.15, 0.2) is 0 Å². The fraction of sp³-hybridized carbons (Fsp3) is 1.00. The Hall–Kier alpha value is 0.0700. The highest BCUT2D eigenvalue weighted by atomic mass is 31.2. The summed E-state index contributed by atoms with van der Waals surface area (Å²) in [6.45, 7) is 6.97. The normalized spacial score (nSPS) is 12.8. The van der Waals surface area contributed by atoms with E-state index in [0.29, 0.717) is 6.54 Å². The van der Waals surface area contributed by atoms with Crippen LogP contribution in [0.3, 0.4) is 0 Å². The van der Waals surface area contributed by atoms with E-state index >= 15 is 0 Å². The van der Waals surface area contributed by atoms with Gasteiger partial charge < -0.3 is 15.1 Å². The SMILES string of the molecule is CCCCCCCCCCCC(C)(C)NCCOP(=O)(O)O. The molecule has 0 atom stereocenters. The van der Waals surface area contributed by atoms with E-state index in [9.17, 15) is 4.57 Å². The largest absolute Gasteiger partial charge is 0.469 e. The molecule has 22 heavy (non-hydrogen) atoms. The predicted octanol–water partition coefficient (Wildman–Crippen LogP) is 4.38. The van der Waals surface area contributed by atoms with Crippen LogP contribution in [0.25, 0.3) is 0 Å². The van der Waals surface area contributed by atoms with Gasteiger partial charge in [0, 0.05) is 12.1 Å². The summed E-state index contributed by atoms with van der Waals surface area (Å²) >= 11 is 0. The van der Waals surface area contributed by atoms with Crippen molar-refractivity contribution in [3.8, 4) is 0 Å². The zero-order valence-corrected chi connectivity index (χ0v) is 15.5. The van der Waals surface area contributed by atoms with Gasteiger partial charge in [0.15, 0.2) is 0 Å². The fourth-order valence-electron chi connectivity index (χ4n) is 2.52. The molecule has 0 aromatic heterocycles. The molecule has 0 bridgehead atoms. The molecule has 3 N–H and O–H groups in total. The van der Waals surface area contributed by atoms with Crippen LogP contribution < -0.4 is 5.32 Å². The molecular weight excluding hydrogens is 301 g/mol. The molecular formula is C16H36NO4P. The van der Waals surface area contributed by atoms with Gasteiger partial charge in [-0.3, -0.25) is 4.52 Å². The van der Waals surface area contributed by atoms with Crippen molar-refractivity contribution >= 4 is 7.82 Å². The van der Waals surface area contributed by atoms with Gasteiger partial charge in [-0.15, -0.1) is 0 Å². The molecule has 0 saturated heterocycles. The highest BCUT2D eigenvalue weighted by Gasteiger charge is 2.17. The molecule has 0 radical (unpaired) electrons. The van der Waals surface area contributed by atoms with Gasteiger partial charge in [-0.2, -0.15) is 0 Å². The molecule has 0 aliphatic heterocycles. The number of hydrogen-bond acceptors (Lipinski definition) is 3. The Morgan fingerprint density at radius 3 is 1.95 bits per heavy atom. The maximum Gasteiger partial charge on any atom is 0.469 e. The van der Waals surface area contributed by atoms with E-state index in [-0.39, 0.29) is 12.1 Å². The molecule has 0 aromatic carbocycles. The van der Waals surface area contributed by atoms with Gasteiger partial charge in [0.25, 0.3) is 0 Å². The van der Waals surface area contributed by atoms with Gasteiger partial charge in [0.05, 0.1) is 6.61 Å². The van der Waals surface area contributed by atoms with Crippen LogP contribution in [0.4, 0.5) is 0 Å². The van der Waals surface area contributed by atoms with E-state index in [1.54, 1.807) is 0 Å². The topological polar surface area (TPSA) is 78.8 Å². The lowest BCUT2D eigenvalue weighted by Gasteiger charge is -2.26. The van der Waals surface area contributed by atoms with Crippen molar-refractivity contribution in [2.45, 2.75) is 90.5 Å². The van der Waals surface area contributed by atoms with Crippen molar-refractivity contribution in [3.63, 3.8) is 0 Å². The Balaban J connectivity index is 3.46. The molecule has 0 fully saturated rings. The summed E-state index contributed by atoms with van der Waals surface area (Å²) in [5, 5.41) is 3.29. The first-order valence-corrected chi connectivity index (χ1v) is 10.2. The molecule has 134 valence electrons. The molecule has 0 spiro atoms. The van der Waals surface area contributed by atoms with Crippen molar-refractivity contribution in [1.29, 1.82) is 0 Å². The number of phosphoric acid groups is 1. The first-order chi connectivity index (χ1) is 10.3. The Morgan fingerprint density at radius 1 is 0.955 bits per heavy atom. The maximum absolute atomic E-state index is 10.6. The van der Waals surface area contributed by atoms with Gasteiger partial charge in [-0.05, 0) is 20.3 Å². The van der Waals surface area contributed by atoms with Crippen LogP contribution in [-0.2, 0) is 9.09 Å². The molecule has 0 aliphatic carbocycles. The summed E-state index contributed by atoms with van der Waals surface area (Å²) in [6.07, 6.45) is 13.0.